The molecule has 0 saturated heterocycles. The second-order valence-electron chi connectivity index (χ2n) is 7.58. The summed E-state index contributed by atoms with van der Waals surface area (Å²) in [6, 6.07) is 1.29. The first-order valence-electron chi connectivity index (χ1n) is 9.19. The van der Waals surface area contributed by atoms with Gasteiger partial charge in [0.1, 0.15) is 33.4 Å². The van der Waals surface area contributed by atoms with Crippen LogP contribution in [0.4, 0.5) is 8.78 Å². The number of carbonyl (C=O) groups is 1. The van der Waals surface area contributed by atoms with Crippen molar-refractivity contribution in [3.8, 4) is 5.75 Å². The van der Waals surface area contributed by atoms with Gasteiger partial charge in [-0.1, -0.05) is 5.16 Å². The molecule has 2 aromatic rings. The van der Waals surface area contributed by atoms with Gasteiger partial charge in [0.05, 0.1) is 5.75 Å². The van der Waals surface area contributed by atoms with E-state index in [1.807, 2.05) is 0 Å². The molecule has 1 saturated carbocycles. The third-order valence-electron chi connectivity index (χ3n) is 4.47. The smallest absolute Gasteiger partial charge is 0.272 e. The molecule has 12 heteroatoms. The van der Waals surface area contributed by atoms with E-state index >= 15 is 0 Å². The van der Waals surface area contributed by atoms with E-state index in [2.05, 4.69) is 20.4 Å². The Balaban J connectivity index is 1.89. The van der Waals surface area contributed by atoms with E-state index in [-0.39, 0.29) is 29.1 Å². The summed E-state index contributed by atoms with van der Waals surface area (Å²) >= 11 is 0. The first-order chi connectivity index (χ1) is 14.0. The second kappa shape index (κ2) is 8.25. The van der Waals surface area contributed by atoms with Crippen molar-refractivity contribution in [1.82, 2.24) is 20.4 Å². The molecule has 1 aliphatic carbocycles. The van der Waals surface area contributed by atoms with Crippen molar-refractivity contribution < 1.29 is 31.3 Å². The predicted octanol–water partition coefficient (Wildman–Crippen LogP) is 1.98. The van der Waals surface area contributed by atoms with Gasteiger partial charge in [0, 0.05) is 31.0 Å². The maximum absolute atomic E-state index is 12.9. The van der Waals surface area contributed by atoms with Gasteiger partial charge in [-0.2, -0.15) is 4.98 Å². The highest BCUT2D eigenvalue weighted by Gasteiger charge is 2.38. The molecule has 9 nitrogen and oxygen atoms in total. The summed E-state index contributed by atoms with van der Waals surface area (Å²) in [5.41, 5.74) is -0.938. The van der Waals surface area contributed by atoms with E-state index in [1.54, 1.807) is 0 Å². The zero-order chi connectivity index (χ0) is 22.1. The Morgan fingerprint density at radius 2 is 2.13 bits per heavy atom. The normalized spacial score (nSPS) is 16.3. The summed E-state index contributed by atoms with van der Waals surface area (Å²) in [4.78, 5) is 21.0. The molecular formula is C18H22F2N4O5S. The number of hydrogen-bond donors (Lipinski definition) is 1. The average molecular weight is 444 g/mol. The van der Waals surface area contributed by atoms with Gasteiger partial charge in [0.15, 0.2) is 5.82 Å². The number of aromatic nitrogens is 3. The van der Waals surface area contributed by atoms with E-state index in [0.717, 1.165) is 19.1 Å². The van der Waals surface area contributed by atoms with E-state index in [0.29, 0.717) is 5.56 Å². The molecule has 0 bridgehead atoms. The highest BCUT2D eigenvalue weighted by atomic mass is 32.2. The molecule has 0 radical (unpaired) electrons. The SMILES string of the molecule is Cc1nc(C(C)(CS(C)(=O)=O)NC(=O)c2cc(OCC(F)F)c(C3CC3)cn2)no1. The third-order valence-corrected chi connectivity index (χ3v) is 5.57. The van der Waals surface area contributed by atoms with Gasteiger partial charge in [0.25, 0.3) is 12.3 Å². The maximum atomic E-state index is 12.9. The van der Waals surface area contributed by atoms with Crippen LogP contribution in [0.1, 0.15) is 53.5 Å². The molecule has 1 fully saturated rings. The molecule has 2 heterocycles. The lowest BCUT2D eigenvalue weighted by molar-refractivity contribution is 0.0811. The number of hydrogen-bond acceptors (Lipinski definition) is 8. The van der Waals surface area contributed by atoms with E-state index < -0.39 is 40.1 Å². The largest absolute Gasteiger partial charge is 0.487 e. The molecule has 0 aliphatic heterocycles. The minimum absolute atomic E-state index is 0.0115. The number of halogens is 2. The summed E-state index contributed by atoms with van der Waals surface area (Å²) < 4.78 is 59.2. The number of pyridine rings is 1. The zero-order valence-electron chi connectivity index (χ0n) is 16.7. The lowest BCUT2D eigenvalue weighted by atomic mass is 10.0. The number of carbonyl (C=O) groups excluding carboxylic acids is 1. The van der Waals surface area contributed by atoms with Gasteiger partial charge < -0.3 is 14.6 Å². The van der Waals surface area contributed by atoms with Crippen LogP contribution in [0.15, 0.2) is 16.8 Å². The number of nitrogens with one attached hydrogen (secondary N) is 1. The molecule has 1 unspecified atom stereocenters. The Morgan fingerprint density at radius 1 is 1.43 bits per heavy atom. The Morgan fingerprint density at radius 3 is 2.67 bits per heavy atom. The lowest BCUT2D eigenvalue weighted by Gasteiger charge is -2.26. The molecule has 0 aromatic carbocycles. The molecular weight excluding hydrogens is 422 g/mol. The van der Waals surface area contributed by atoms with Crippen molar-refractivity contribution in [3.05, 3.63) is 35.2 Å². The van der Waals surface area contributed by atoms with Gasteiger partial charge in [-0.3, -0.25) is 9.78 Å². The van der Waals surface area contributed by atoms with Crippen molar-refractivity contribution in [2.45, 2.75) is 44.6 Å². The van der Waals surface area contributed by atoms with Crippen LogP contribution >= 0.6 is 0 Å². The second-order valence-corrected chi connectivity index (χ2v) is 9.72. The molecule has 1 amide bonds. The lowest BCUT2D eigenvalue weighted by Crippen LogP contribution is -2.49. The topological polar surface area (TPSA) is 124 Å². The fraction of sp³-hybridized carbons (Fsp3) is 0.556. The number of aryl methyl sites for hydroxylation is 1. The maximum Gasteiger partial charge on any atom is 0.272 e. The molecule has 3 rings (SSSR count). The van der Waals surface area contributed by atoms with Gasteiger partial charge >= 0.3 is 0 Å². The first kappa shape index (κ1) is 22.1. The van der Waals surface area contributed by atoms with Crippen molar-refractivity contribution in [2.75, 3.05) is 18.6 Å². The van der Waals surface area contributed by atoms with Crippen molar-refractivity contribution in [3.63, 3.8) is 0 Å². The number of amides is 1. The predicted molar refractivity (Wildman–Crippen MR) is 101 cm³/mol. The summed E-state index contributed by atoms with van der Waals surface area (Å²) in [7, 11) is -3.55. The number of alkyl halides is 2. The van der Waals surface area contributed by atoms with Crippen LogP contribution in [-0.4, -0.2) is 54.5 Å². The Hall–Kier alpha value is -2.63. The Bertz CT molecular complexity index is 1040. The van der Waals surface area contributed by atoms with Crippen molar-refractivity contribution >= 4 is 15.7 Å². The fourth-order valence-electron chi connectivity index (χ4n) is 3.07. The van der Waals surface area contributed by atoms with Crippen LogP contribution in [0.2, 0.25) is 0 Å². The molecule has 164 valence electrons. The van der Waals surface area contributed by atoms with Crippen LogP contribution in [0.5, 0.6) is 5.75 Å². The van der Waals surface area contributed by atoms with E-state index in [1.165, 1.54) is 26.1 Å². The quantitative estimate of drug-likeness (QED) is 0.623. The molecule has 1 atom stereocenters. The summed E-state index contributed by atoms with van der Waals surface area (Å²) in [5.74, 6) is -0.693. The summed E-state index contributed by atoms with van der Waals surface area (Å²) in [6.07, 6.45) is 1.56. The standard InChI is InChI=1S/C18H22F2N4O5S/c1-10-22-17(24-29-10)18(2,9-30(3,26)27)23-16(25)13-6-14(28-8-15(19)20)12(7-21-13)11-4-5-11/h6-7,11,15H,4-5,8-9H2,1-3H3,(H,23,25). The van der Waals surface area contributed by atoms with Crippen LogP contribution in [-0.2, 0) is 15.4 Å². The van der Waals surface area contributed by atoms with Gasteiger partial charge in [0.2, 0.25) is 5.89 Å². The van der Waals surface area contributed by atoms with Crippen LogP contribution in [0.25, 0.3) is 0 Å². The van der Waals surface area contributed by atoms with Crippen LogP contribution < -0.4 is 10.1 Å². The molecule has 1 N–H and O–H groups in total. The van der Waals surface area contributed by atoms with Gasteiger partial charge in [-0.05, 0) is 25.7 Å². The summed E-state index contributed by atoms with van der Waals surface area (Å²) in [6.45, 7) is 2.17. The average Bonchev–Trinajstić information content (AvgIpc) is 3.38. The minimum atomic E-state index is -3.55. The van der Waals surface area contributed by atoms with Gasteiger partial charge in [-0.15, -0.1) is 0 Å². The van der Waals surface area contributed by atoms with Gasteiger partial charge in [-0.25, -0.2) is 17.2 Å². The number of nitrogens with zero attached hydrogens (tertiary/aromatic N) is 3. The Kier molecular flexibility index (Phi) is 6.06. The highest BCUT2D eigenvalue weighted by Crippen LogP contribution is 2.44. The number of ether oxygens (including phenoxy) is 1. The van der Waals surface area contributed by atoms with E-state index in [4.69, 9.17) is 9.26 Å². The Labute approximate surface area is 172 Å². The molecule has 30 heavy (non-hydrogen) atoms. The number of rotatable bonds is 9. The highest BCUT2D eigenvalue weighted by molar-refractivity contribution is 7.90. The molecule has 2 aromatic heterocycles. The number of sulfone groups is 1. The molecule has 0 spiro atoms. The minimum Gasteiger partial charge on any atom is -0.487 e. The monoisotopic (exact) mass is 444 g/mol. The van der Waals surface area contributed by atoms with Crippen LogP contribution in [0, 0.1) is 6.92 Å². The third kappa shape index (κ3) is 5.49. The zero-order valence-corrected chi connectivity index (χ0v) is 17.5. The van der Waals surface area contributed by atoms with E-state index in [9.17, 15) is 22.0 Å². The van der Waals surface area contributed by atoms with Crippen LogP contribution in [0.3, 0.4) is 0 Å². The summed E-state index contributed by atoms with van der Waals surface area (Å²) in [5, 5.41) is 6.32. The van der Waals surface area contributed by atoms with Crippen molar-refractivity contribution in [1.29, 1.82) is 0 Å². The van der Waals surface area contributed by atoms with Crippen molar-refractivity contribution in [2.24, 2.45) is 0 Å². The molecule has 1 aliphatic rings. The first-order valence-corrected chi connectivity index (χ1v) is 11.2. The fourth-order valence-corrected chi connectivity index (χ4v) is 4.32.